The van der Waals surface area contributed by atoms with Crippen LogP contribution in [0.15, 0.2) is 23.2 Å². The lowest BCUT2D eigenvalue weighted by Crippen LogP contribution is -2.46. The molecule has 1 aromatic rings. The fourth-order valence-corrected chi connectivity index (χ4v) is 3.51. The molecule has 0 aliphatic carbocycles. The van der Waals surface area contributed by atoms with Crippen molar-refractivity contribution < 1.29 is 19.4 Å². The number of guanidine groups is 1. The van der Waals surface area contributed by atoms with Crippen molar-refractivity contribution >= 4 is 11.9 Å². The van der Waals surface area contributed by atoms with Gasteiger partial charge in [0.25, 0.3) is 0 Å². The number of likely N-dealkylation sites (tertiary alicyclic amines) is 1. The van der Waals surface area contributed by atoms with E-state index in [0.717, 1.165) is 38.4 Å². The first-order chi connectivity index (χ1) is 14.0. The zero-order valence-electron chi connectivity index (χ0n) is 17.9. The largest absolute Gasteiger partial charge is 0.497 e. The van der Waals surface area contributed by atoms with Crippen LogP contribution in [0, 0.1) is 5.92 Å². The summed E-state index contributed by atoms with van der Waals surface area (Å²) >= 11 is 0. The lowest BCUT2D eigenvalue weighted by Gasteiger charge is -2.34. The first kappa shape index (κ1) is 22.8. The van der Waals surface area contributed by atoms with Crippen molar-refractivity contribution in [2.75, 3.05) is 47.4 Å². The van der Waals surface area contributed by atoms with E-state index in [1.165, 1.54) is 0 Å². The van der Waals surface area contributed by atoms with Gasteiger partial charge in [-0.25, -0.2) is 0 Å². The number of piperidine rings is 1. The molecule has 0 saturated carbocycles. The zero-order valence-corrected chi connectivity index (χ0v) is 17.9. The molecule has 1 amide bonds. The second-order valence-corrected chi connectivity index (χ2v) is 7.13. The Morgan fingerprint density at radius 1 is 1.31 bits per heavy atom. The van der Waals surface area contributed by atoms with Crippen molar-refractivity contribution in [3.63, 3.8) is 0 Å². The van der Waals surface area contributed by atoms with Crippen LogP contribution in [0.2, 0.25) is 0 Å². The summed E-state index contributed by atoms with van der Waals surface area (Å²) in [6.07, 6.45) is 1.67. The molecule has 8 nitrogen and oxygen atoms in total. The Kier molecular flexibility index (Phi) is 9.05. The summed E-state index contributed by atoms with van der Waals surface area (Å²) in [6.45, 7) is 4.66. The maximum absolute atomic E-state index is 11.6. The Balaban J connectivity index is 2.03. The molecular formula is C21H34N4O4. The predicted molar refractivity (Wildman–Crippen MR) is 113 cm³/mol. The van der Waals surface area contributed by atoms with E-state index in [-0.39, 0.29) is 12.5 Å². The van der Waals surface area contributed by atoms with Gasteiger partial charge in [-0.05, 0) is 43.9 Å². The van der Waals surface area contributed by atoms with E-state index in [9.17, 15) is 9.90 Å². The number of nitrogens with zero attached hydrogens (tertiary/aromatic N) is 2. The van der Waals surface area contributed by atoms with Crippen molar-refractivity contribution in [1.29, 1.82) is 0 Å². The van der Waals surface area contributed by atoms with Crippen molar-refractivity contribution in [1.82, 2.24) is 15.5 Å². The number of methoxy groups -OCH3 is 2. The van der Waals surface area contributed by atoms with Crippen LogP contribution < -0.4 is 20.1 Å². The van der Waals surface area contributed by atoms with Gasteiger partial charge in [0.05, 0.1) is 20.8 Å². The quantitative estimate of drug-likeness (QED) is 0.448. The van der Waals surface area contributed by atoms with Gasteiger partial charge in [0.1, 0.15) is 17.6 Å². The van der Waals surface area contributed by atoms with E-state index in [4.69, 9.17) is 9.47 Å². The molecule has 1 aliphatic heterocycles. The first-order valence-electron chi connectivity index (χ1n) is 10.2. The molecule has 1 unspecified atom stereocenters. The Labute approximate surface area is 173 Å². The molecule has 8 heteroatoms. The summed E-state index contributed by atoms with van der Waals surface area (Å²) in [5.74, 6) is 2.55. The number of rotatable bonds is 8. The lowest BCUT2D eigenvalue weighted by atomic mass is 9.93. The van der Waals surface area contributed by atoms with Crippen molar-refractivity contribution in [2.45, 2.75) is 32.3 Å². The highest BCUT2D eigenvalue weighted by Crippen LogP contribution is 2.29. The molecule has 1 aromatic carbocycles. The number of aliphatic imine (C=N–C) groups is 1. The fourth-order valence-electron chi connectivity index (χ4n) is 3.51. The fraction of sp³-hybridized carbons (Fsp3) is 0.619. The van der Waals surface area contributed by atoms with Crippen LogP contribution in [0.5, 0.6) is 11.5 Å². The van der Waals surface area contributed by atoms with Crippen LogP contribution in [0.1, 0.15) is 37.9 Å². The molecule has 1 fully saturated rings. The minimum Gasteiger partial charge on any atom is -0.497 e. The highest BCUT2D eigenvalue weighted by atomic mass is 16.5. The molecule has 0 bridgehead atoms. The SMILES string of the molecule is CCNC(=NCC(O)c1cc(OC)ccc1OC)N1CCC(CC(=O)NC)CC1. The highest BCUT2D eigenvalue weighted by molar-refractivity contribution is 5.80. The summed E-state index contributed by atoms with van der Waals surface area (Å²) < 4.78 is 10.6. The molecule has 1 aliphatic rings. The maximum Gasteiger partial charge on any atom is 0.220 e. The van der Waals surface area contributed by atoms with E-state index in [2.05, 4.69) is 20.5 Å². The highest BCUT2D eigenvalue weighted by Gasteiger charge is 2.23. The van der Waals surface area contributed by atoms with Gasteiger partial charge in [0.15, 0.2) is 5.96 Å². The number of carbonyl (C=O) groups is 1. The summed E-state index contributed by atoms with van der Waals surface area (Å²) in [5.41, 5.74) is 0.649. The molecule has 3 N–H and O–H groups in total. The van der Waals surface area contributed by atoms with Crippen LogP contribution in [0.25, 0.3) is 0 Å². The molecule has 1 heterocycles. The van der Waals surface area contributed by atoms with E-state index in [1.807, 2.05) is 6.92 Å². The molecule has 0 spiro atoms. The molecule has 0 aromatic heterocycles. The summed E-state index contributed by atoms with van der Waals surface area (Å²) in [5, 5.41) is 16.7. The van der Waals surface area contributed by atoms with Gasteiger partial charge in [0.2, 0.25) is 5.91 Å². The van der Waals surface area contributed by atoms with Crippen LogP contribution in [-0.4, -0.2) is 69.3 Å². The van der Waals surface area contributed by atoms with Gasteiger partial charge in [-0.15, -0.1) is 0 Å². The van der Waals surface area contributed by atoms with E-state index < -0.39 is 6.10 Å². The summed E-state index contributed by atoms with van der Waals surface area (Å²) in [6, 6.07) is 5.35. The zero-order chi connectivity index (χ0) is 21.2. The second-order valence-electron chi connectivity index (χ2n) is 7.13. The summed E-state index contributed by atoms with van der Waals surface area (Å²) in [4.78, 5) is 18.4. The number of amides is 1. The third-order valence-electron chi connectivity index (χ3n) is 5.21. The number of aliphatic hydroxyl groups excluding tert-OH is 1. The van der Waals surface area contributed by atoms with Crippen LogP contribution in [-0.2, 0) is 4.79 Å². The van der Waals surface area contributed by atoms with E-state index in [1.54, 1.807) is 39.5 Å². The predicted octanol–water partition coefficient (Wildman–Crippen LogP) is 1.55. The van der Waals surface area contributed by atoms with Gasteiger partial charge >= 0.3 is 0 Å². The number of hydrogen-bond acceptors (Lipinski definition) is 5. The number of benzene rings is 1. The molecule has 0 radical (unpaired) electrons. The summed E-state index contributed by atoms with van der Waals surface area (Å²) in [7, 11) is 4.84. The van der Waals surface area contributed by atoms with Crippen LogP contribution in [0.3, 0.4) is 0 Å². The Morgan fingerprint density at radius 2 is 2.03 bits per heavy atom. The Bertz CT molecular complexity index is 687. The molecule has 1 atom stereocenters. The monoisotopic (exact) mass is 406 g/mol. The smallest absolute Gasteiger partial charge is 0.220 e. The first-order valence-corrected chi connectivity index (χ1v) is 10.2. The third-order valence-corrected chi connectivity index (χ3v) is 5.21. The topological polar surface area (TPSA) is 95.4 Å². The minimum atomic E-state index is -0.806. The molecule has 2 rings (SSSR count). The van der Waals surface area contributed by atoms with Gasteiger partial charge in [-0.1, -0.05) is 0 Å². The van der Waals surface area contributed by atoms with Gasteiger partial charge in [-0.2, -0.15) is 0 Å². The molecular weight excluding hydrogens is 372 g/mol. The van der Waals surface area contributed by atoms with Crippen molar-refractivity contribution in [2.24, 2.45) is 10.9 Å². The van der Waals surface area contributed by atoms with Crippen LogP contribution in [0.4, 0.5) is 0 Å². The number of ether oxygens (including phenoxy) is 2. The molecule has 162 valence electrons. The average Bonchev–Trinajstić information content (AvgIpc) is 2.76. The minimum absolute atomic E-state index is 0.0967. The number of nitrogens with one attached hydrogen (secondary N) is 2. The third kappa shape index (κ3) is 6.52. The number of carbonyl (C=O) groups excluding carboxylic acids is 1. The second kappa shape index (κ2) is 11.5. The number of aliphatic hydroxyl groups is 1. The van der Waals surface area contributed by atoms with E-state index >= 15 is 0 Å². The lowest BCUT2D eigenvalue weighted by molar-refractivity contribution is -0.121. The Morgan fingerprint density at radius 3 is 2.62 bits per heavy atom. The van der Waals surface area contributed by atoms with Crippen molar-refractivity contribution in [3.05, 3.63) is 23.8 Å². The van der Waals surface area contributed by atoms with Gasteiger partial charge < -0.3 is 30.1 Å². The van der Waals surface area contributed by atoms with Crippen molar-refractivity contribution in [3.8, 4) is 11.5 Å². The standard InChI is InChI=1S/C21H34N4O4/c1-5-23-21(25-10-8-15(9-11-25)12-20(27)22-2)24-14-18(26)17-13-16(28-3)6-7-19(17)29-4/h6-7,13,15,18,26H,5,8-12,14H2,1-4H3,(H,22,27)(H,23,24). The Hall–Kier alpha value is -2.48. The van der Waals surface area contributed by atoms with E-state index in [0.29, 0.717) is 29.4 Å². The molecule has 1 saturated heterocycles. The normalized spacial score (nSPS) is 16.3. The van der Waals surface area contributed by atoms with Gasteiger partial charge in [-0.3, -0.25) is 9.79 Å². The maximum atomic E-state index is 11.6. The van der Waals surface area contributed by atoms with Gasteiger partial charge in [0, 0.05) is 38.7 Å². The average molecular weight is 407 g/mol. The number of hydrogen-bond donors (Lipinski definition) is 3. The van der Waals surface area contributed by atoms with Crippen LogP contribution >= 0.6 is 0 Å². The molecule has 29 heavy (non-hydrogen) atoms.